The van der Waals surface area contributed by atoms with Crippen LogP contribution in [0.5, 0.6) is 0 Å². The Labute approximate surface area is 167 Å². The van der Waals surface area contributed by atoms with Crippen LogP contribution in [0, 0.1) is 0 Å². The number of hydrogen-bond donors (Lipinski definition) is 2. The van der Waals surface area contributed by atoms with Gasteiger partial charge in [0.1, 0.15) is 12.5 Å². The minimum Gasteiger partial charge on any atom is -0.378 e. The molecule has 2 aliphatic heterocycles. The normalized spacial score (nSPS) is 27.1. The lowest BCUT2D eigenvalue weighted by Gasteiger charge is -2.43. The van der Waals surface area contributed by atoms with E-state index >= 15 is 0 Å². The van der Waals surface area contributed by atoms with E-state index < -0.39 is 0 Å². The molecule has 2 heterocycles. The molecule has 0 radical (unpaired) electrons. The number of anilines is 2. The average Bonchev–Trinajstić information content (AvgIpc) is 2.73. The molecule has 28 heavy (non-hydrogen) atoms. The first kappa shape index (κ1) is 19.2. The highest BCUT2D eigenvalue weighted by atomic mass is 16.5. The molecule has 150 valence electrons. The van der Waals surface area contributed by atoms with Crippen LogP contribution in [0.3, 0.4) is 0 Å². The van der Waals surface area contributed by atoms with Crippen LogP contribution in [-0.4, -0.2) is 53.5 Å². The zero-order valence-electron chi connectivity index (χ0n) is 17.1. The molecule has 2 aromatic carbocycles. The largest absolute Gasteiger partial charge is 0.378 e. The van der Waals surface area contributed by atoms with Crippen molar-refractivity contribution in [3.8, 4) is 0 Å². The average molecular weight is 383 g/mol. The second kappa shape index (κ2) is 8.09. The van der Waals surface area contributed by atoms with Gasteiger partial charge in [-0.3, -0.25) is 10.6 Å². The Morgan fingerprint density at radius 3 is 1.32 bits per heavy atom. The molecule has 0 amide bonds. The minimum atomic E-state index is -0.0983. The maximum Gasteiger partial charge on any atom is 0.134 e. The predicted molar refractivity (Wildman–Crippen MR) is 113 cm³/mol. The first-order valence-corrected chi connectivity index (χ1v) is 9.81. The van der Waals surface area contributed by atoms with Crippen molar-refractivity contribution in [1.29, 1.82) is 0 Å². The van der Waals surface area contributed by atoms with Crippen LogP contribution in [0.1, 0.15) is 23.6 Å². The van der Waals surface area contributed by atoms with Crippen LogP contribution in [0.2, 0.25) is 0 Å². The highest BCUT2D eigenvalue weighted by Gasteiger charge is 2.37. The number of benzene rings is 2. The van der Waals surface area contributed by atoms with E-state index in [0.717, 1.165) is 11.1 Å². The van der Waals surface area contributed by atoms with Gasteiger partial charge in [-0.05, 0) is 35.4 Å². The Kier molecular flexibility index (Phi) is 5.55. The van der Waals surface area contributed by atoms with Crippen LogP contribution in [0.15, 0.2) is 48.5 Å². The van der Waals surface area contributed by atoms with E-state index in [1.807, 2.05) is 28.2 Å². The van der Waals surface area contributed by atoms with E-state index in [9.17, 15) is 0 Å². The number of hydrogen-bond acceptors (Lipinski definition) is 6. The van der Waals surface area contributed by atoms with E-state index in [2.05, 4.69) is 69.0 Å². The van der Waals surface area contributed by atoms with Gasteiger partial charge in [0.05, 0.1) is 25.3 Å². The summed E-state index contributed by atoms with van der Waals surface area (Å²) < 4.78 is 12.2. The predicted octanol–water partition coefficient (Wildman–Crippen LogP) is 2.49. The van der Waals surface area contributed by atoms with E-state index in [1.165, 1.54) is 11.4 Å². The fourth-order valence-corrected chi connectivity index (χ4v) is 3.73. The molecular weight excluding hydrogens is 352 g/mol. The fourth-order valence-electron chi connectivity index (χ4n) is 3.73. The summed E-state index contributed by atoms with van der Waals surface area (Å²) in [6.45, 7) is 1.32. The van der Waals surface area contributed by atoms with Crippen LogP contribution in [0.25, 0.3) is 0 Å². The van der Waals surface area contributed by atoms with Gasteiger partial charge in [-0.15, -0.1) is 0 Å². The van der Waals surface area contributed by atoms with Gasteiger partial charge < -0.3 is 19.3 Å². The van der Waals surface area contributed by atoms with Crippen molar-refractivity contribution in [2.75, 3.05) is 51.2 Å². The number of nitrogens with zero attached hydrogens (tertiary/aromatic N) is 2. The molecule has 6 heteroatoms. The molecule has 0 saturated carbocycles. The molecule has 2 saturated heterocycles. The molecule has 0 spiro atoms. The summed E-state index contributed by atoms with van der Waals surface area (Å²) in [7, 11) is 8.18. The monoisotopic (exact) mass is 382 g/mol. The smallest absolute Gasteiger partial charge is 0.134 e. The first-order chi connectivity index (χ1) is 13.5. The van der Waals surface area contributed by atoms with Crippen LogP contribution in [-0.2, 0) is 9.47 Å². The second-order valence-electron chi connectivity index (χ2n) is 7.94. The van der Waals surface area contributed by atoms with Gasteiger partial charge in [0.2, 0.25) is 0 Å². The summed E-state index contributed by atoms with van der Waals surface area (Å²) >= 11 is 0. The van der Waals surface area contributed by atoms with Crippen LogP contribution >= 0.6 is 0 Å². The standard InChI is InChI=1S/C22H30N4O2/c1-25(2)17-9-5-15(6-10-17)21-23-19-14-28-22(24-20(19)13-27-21)16-7-11-18(12-8-16)26(3)4/h5-12,19-24H,13-14H2,1-4H3/t19-,20+,21-,22+. The third-order valence-corrected chi connectivity index (χ3v) is 5.53. The van der Waals surface area contributed by atoms with Crippen molar-refractivity contribution in [2.24, 2.45) is 0 Å². The quantitative estimate of drug-likeness (QED) is 0.847. The zero-order chi connectivity index (χ0) is 19.7. The van der Waals surface area contributed by atoms with Gasteiger partial charge in [-0.25, -0.2) is 0 Å². The van der Waals surface area contributed by atoms with Crippen molar-refractivity contribution < 1.29 is 9.47 Å². The number of fused-ring (bicyclic) bond motifs is 1. The van der Waals surface area contributed by atoms with E-state index in [1.54, 1.807) is 0 Å². The summed E-state index contributed by atoms with van der Waals surface area (Å²) in [4.78, 5) is 4.19. The fraction of sp³-hybridized carbons (Fsp3) is 0.455. The molecule has 2 aliphatic rings. The van der Waals surface area contributed by atoms with Crippen molar-refractivity contribution >= 4 is 11.4 Å². The molecule has 0 unspecified atom stereocenters. The number of ether oxygens (including phenoxy) is 2. The van der Waals surface area contributed by atoms with Gasteiger partial charge in [-0.2, -0.15) is 0 Å². The molecule has 0 aromatic heterocycles. The van der Waals surface area contributed by atoms with E-state index in [-0.39, 0.29) is 24.5 Å². The highest BCUT2D eigenvalue weighted by molar-refractivity contribution is 5.47. The molecule has 2 N–H and O–H groups in total. The molecule has 4 atom stereocenters. The topological polar surface area (TPSA) is 49.0 Å². The van der Waals surface area contributed by atoms with Gasteiger partial charge in [0.25, 0.3) is 0 Å². The van der Waals surface area contributed by atoms with Crippen molar-refractivity contribution in [2.45, 2.75) is 24.5 Å². The SMILES string of the molecule is CN(C)c1ccc([C@@H]2N[C@@H]3CO[C@@H](c4ccc(N(C)C)cc4)N[C@H]3CO2)cc1. The molecule has 0 bridgehead atoms. The Morgan fingerprint density at radius 2 is 1.00 bits per heavy atom. The van der Waals surface area contributed by atoms with Gasteiger partial charge in [0.15, 0.2) is 0 Å². The van der Waals surface area contributed by atoms with Crippen LogP contribution < -0.4 is 20.4 Å². The lowest BCUT2D eigenvalue weighted by Crippen LogP contribution is -2.62. The second-order valence-corrected chi connectivity index (χ2v) is 7.94. The summed E-state index contributed by atoms with van der Waals surface area (Å²) in [5, 5.41) is 7.17. The summed E-state index contributed by atoms with van der Waals surface area (Å²) in [6.07, 6.45) is -0.197. The van der Waals surface area contributed by atoms with Crippen LogP contribution in [0.4, 0.5) is 11.4 Å². The van der Waals surface area contributed by atoms with Crippen molar-refractivity contribution in [3.05, 3.63) is 59.7 Å². The minimum absolute atomic E-state index is 0.0983. The van der Waals surface area contributed by atoms with Gasteiger partial charge in [0, 0.05) is 39.6 Å². The third-order valence-electron chi connectivity index (χ3n) is 5.53. The highest BCUT2D eigenvalue weighted by Crippen LogP contribution is 2.28. The van der Waals surface area contributed by atoms with Crippen molar-refractivity contribution in [1.82, 2.24) is 10.6 Å². The maximum absolute atomic E-state index is 6.12. The summed E-state index contributed by atoms with van der Waals surface area (Å²) in [6, 6.07) is 17.4. The van der Waals surface area contributed by atoms with E-state index in [0.29, 0.717) is 13.2 Å². The Bertz CT molecular complexity index is 709. The molecule has 0 aliphatic carbocycles. The lowest BCUT2D eigenvalue weighted by atomic mass is 10.0. The summed E-state index contributed by atoms with van der Waals surface area (Å²) in [5.41, 5.74) is 4.65. The number of rotatable bonds is 4. The van der Waals surface area contributed by atoms with Crippen molar-refractivity contribution in [3.63, 3.8) is 0 Å². The Morgan fingerprint density at radius 1 is 0.643 bits per heavy atom. The molecule has 2 fully saturated rings. The maximum atomic E-state index is 6.12. The Hall–Kier alpha value is -2.12. The molecule has 4 rings (SSSR count). The Balaban J connectivity index is 1.37. The van der Waals surface area contributed by atoms with Gasteiger partial charge in [-0.1, -0.05) is 24.3 Å². The lowest BCUT2D eigenvalue weighted by molar-refractivity contribution is -0.115. The molecular formula is C22H30N4O2. The molecule has 2 aromatic rings. The molecule has 6 nitrogen and oxygen atoms in total. The third kappa shape index (κ3) is 4.00. The zero-order valence-corrected chi connectivity index (χ0v) is 17.1. The van der Waals surface area contributed by atoms with Gasteiger partial charge >= 0.3 is 0 Å². The summed E-state index contributed by atoms with van der Waals surface area (Å²) in [5.74, 6) is 0. The number of nitrogens with one attached hydrogen (secondary N) is 2. The first-order valence-electron chi connectivity index (χ1n) is 9.81. The van der Waals surface area contributed by atoms with E-state index in [4.69, 9.17) is 9.47 Å².